The quantitative estimate of drug-likeness (QED) is 0.0307. The van der Waals surface area contributed by atoms with Crippen LogP contribution < -0.4 is 9.47 Å². The van der Waals surface area contributed by atoms with Crippen molar-refractivity contribution >= 4 is 55.0 Å². The van der Waals surface area contributed by atoms with Crippen LogP contribution in [0.4, 0.5) is 0 Å². The summed E-state index contributed by atoms with van der Waals surface area (Å²) in [5.41, 5.74) is 3.31. The van der Waals surface area contributed by atoms with Gasteiger partial charge < -0.3 is 29.9 Å². The first kappa shape index (κ1) is 36.3. The SMILES string of the molecule is Cc1ccc2c(O)c3c(OC(=O)CCCCCCCCCCC(=O)Oc4c(C)ccc5c(O)c6cc(C)ccc6c(O)c45)c(C)ccc3c(O)c2c1. The predicted octanol–water partition coefficient (Wildman–Crippen LogP) is 10.8. The second kappa shape index (κ2) is 15.4. The number of rotatable bonds is 13. The summed E-state index contributed by atoms with van der Waals surface area (Å²) < 4.78 is 11.6. The van der Waals surface area contributed by atoms with Crippen molar-refractivity contribution in [1.82, 2.24) is 0 Å². The molecule has 4 N–H and O–H groups in total. The van der Waals surface area contributed by atoms with E-state index in [0.717, 1.165) is 49.7 Å². The lowest BCUT2D eigenvalue weighted by Crippen LogP contribution is -2.09. The Morgan fingerprint density at radius 1 is 0.442 bits per heavy atom. The molecule has 0 saturated heterocycles. The minimum atomic E-state index is -0.375. The third-order valence-electron chi connectivity index (χ3n) is 10.0. The zero-order valence-electron chi connectivity index (χ0n) is 30.3. The molecule has 0 radical (unpaired) electrons. The standard InChI is InChI=1S/C44H46O8/c1-25-15-19-29-33(23-25)39(47)31-21-17-27(3)43(37(31)41(29)49)51-35(45)13-11-9-7-5-6-8-10-12-14-36(46)52-44-28(4)18-22-32-38(44)42(50)30-20-16-26(2)24-34(30)40(32)48/h15-24,47-50H,5-14H2,1-4H3. The highest BCUT2D eigenvalue weighted by molar-refractivity contribution is 6.14. The Bertz CT molecular complexity index is 2170. The molecule has 0 aliphatic carbocycles. The Labute approximate surface area is 303 Å². The minimum absolute atomic E-state index is 0.0172. The van der Waals surface area contributed by atoms with Gasteiger partial charge in [-0.3, -0.25) is 9.59 Å². The van der Waals surface area contributed by atoms with Gasteiger partial charge in [-0.05, 0) is 75.9 Å². The number of phenols is 4. The van der Waals surface area contributed by atoms with Crippen molar-refractivity contribution in [2.45, 2.75) is 91.9 Å². The molecule has 0 atom stereocenters. The maximum absolute atomic E-state index is 12.8. The number of carbonyl (C=O) groups excluding carboxylic acids is 2. The Morgan fingerprint density at radius 3 is 1.17 bits per heavy atom. The van der Waals surface area contributed by atoms with Crippen LogP contribution in [0.15, 0.2) is 60.7 Å². The van der Waals surface area contributed by atoms with Crippen LogP contribution in [0.2, 0.25) is 0 Å². The van der Waals surface area contributed by atoms with Gasteiger partial charge in [0, 0.05) is 45.2 Å². The summed E-state index contributed by atoms with van der Waals surface area (Å²) in [5.74, 6) is -0.143. The third-order valence-corrected chi connectivity index (χ3v) is 10.0. The molecule has 0 aliphatic heterocycles. The van der Waals surface area contributed by atoms with Crippen LogP contribution in [0.1, 0.15) is 86.5 Å². The van der Waals surface area contributed by atoms with Gasteiger partial charge in [-0.1, -0.05) is 86.1 Å². The number of hydrogen-bond acceptors (Lipinski definition) is 8. The number of phenolic OH excluding ortho intramolecular Hbond substituents is 4. The van der Waals surface area contributed by atoms with E-state index in [1.807, 2.05) is 52.0 Å². The topological polar surface area (TPSA) is 134 Å². The number of aryl methyl sites for hydroxylation is 4. The molecule has 0 bridgehead atoms. The molecular weight excluding hydrogens is 656 g/mol. The van der Waals surface area contributed by atoms with E-state index in [0.29, 0.717) is 67.1 Å². The molecule has 0 aliphatic rings. The molecule has 0 aromatic heterocycles. The first-order valence-corrected chi connectivity index (χ1v) is 18.1. The van der Waals surface area contributed by atoms with Crippen LogP contribution in [0.3, 0.4) is 0 Å². The van der Waals surface area contributed by atoms with Gasteiger partial charge in [-0.15, -0.1) is 0 Å². The van der Waals surface area contributed by atoms with Crippen molar-refractivity contribution in [2.75, 3.05) is 0 Å². The Balaban J connectivity index is 0.929. The lowest BCUT2D eigenvalue weighted by atomic mass is 9.97. The molecule has 6 aromatic rings. The number of ether oxygens (including phenoxy) is 2. The highest BCUT2D eigenvalue weighted by Crippen LogP contribution is 2.48. The van der Waals surface area contributed by atoms with Crippen LogP contribution in [0.25, 0.3) is 43.1 Å². The highest BCUT2D eigenvalue weighted by Gasteiger charge is 2.22. The summed E-state index contributed by atoms with van der Waals surface area (Å²) in [6.45, 7) is 7.47. The number of fused-ring (bicyclic) bond motifs is 4. The molecule has 0 heterocycles. The van der Waals surface area contributed by atoms with Crippen LogP contribution in [0, 0.1) is 27.7 Å². The zero-order chi connectivity index (χ0) is 37.1. The van der Waals surface area contributed by atoms with E-state index in [4.69, 9.17) is 9.47 Å². The largest absolute Gasteiger partial charge is 0.507 e. The number of aromatic hydroxyl groups is 4. The summed E-state index contributed by atoms with van der Waals surface area (Å²) >= 11 is 0. The van der Waals surface area contributed by atoms with Crippen molar-refractivity contribution in [3.8, 4) is 34.5 Å². The molecule has 8 heteroatoms. The lowest BCUT2D eigenvalue weighted by Gasteiger charge is -2.15. The van der Waals surface area contributed by atoms with E-state index in [9.17, 15) is 30.0 Å². The molecule has 0 amide bonds. The summed E-state index contributed by atoms with van der Waals surface area (Å²) in [5, 5.41) is 47.9. The number of unbranched alkanes of at least 4 members (excludes halogenated alkanes) is 7. The van der Waals surface area contributed by atoms with Gasteiger partial charge in [0.25, 0.3) is 0 Å². The van der Waals surface area contributed by atoms with E-state index < -0.39 is 0 Å². The molecule has 6 rings (SSSR count). The van der Waals surface area contributed by atoms with Crippen LogP contribution in [-0.2, 0) is 9.59 Å². The second-order valence-electron chi connectivity index (χ2n) is 14.0. The van der Waals surface area contributed by atoms with Gasteiger partial charge >= 0.3 is 11.9 Å². The Hall–Kier alpha value is -5.50. The number of benzene rings is 6. The Morgan fingerprint density at radius 2 is 0.788 bits per heavy atom. The molecule has 0 saturated carbocycles. The summed E-state index contributed by atoms with van der Waals surface area (Å²) in [6, 6.07) is 17.9. The number of esters is 2. The molecule has 8 nitrogen and oxygen atoms in total. The van der Waals surface area contributed by atoms with Crippen molar-refractivity contribution in [3.63, 3.8) is 0 Å². The van der Waals surface area contributed by atoms with E-state index >= 15 is 0 Å². The van der Waals surface area contributed by atoms with Gasteiger partial charge in [0.2, 0.25) is 0 Å². The minimum Gasteiger partial charge on any atom is -0.507 e. The molecule has 0 unspecified atom stereocenters. The monoisotopic (exact) mass is 702 g/mol. The highest BCUT2D eigenvalue weighted by atomic mass is 16.5. The summed E-state index contributed by atoms with van der Waals surface area (Å²) in [4.78, 5) is 25.7. The fourth-order valence-electron chi connectivity index (χ4n) is 7.11. The fourth-order valence-corrected chi connectivity index (χ4v) is 7.11. The molecule has 0 fully saturated rings. The summed E-state index contributed by atoms with van der Waals surface area (Å²) in [7, 11) is 0. The van der Waals surface area contributed by atoms with E-state index in [1.165, 1.54) is 0 Å². The zero-order valence-corrected chi connectivity index (χ0v) is 30.3. The summed E-state index contributed by atoms with van der Waals surface area (Å²) in [6.07, 6.45) is 7.64. The molecule has 0 spiro atoms. The van der Waals surface area contributed by atoms with Gasteiger partial charge in [-0.25, -0.2) is 0 Å². The predicted molar refractivity (Wildman–Crippen MR) is 206 cm³/mol. The second-order valence-corrected chi connectivity index (χ2v) is 14.0. The van der Waals surface area contributed by atoms with Crippen molar-refractivity contribution < 1.29 is 39.5 Å². The van der Waals surface area contributed by atoms with Crippen molar-refractivity contribution in [2.24, 2.45) is 0 Å². The van der Waals surface area contributed by atoms with Crippen molar-refractivity contribution in [3.05, 3.63) is 82.9 Å². The van der Waals surface area contributed by atoms with E-state index in [2.05, 4.69) is 0 Å². The Kier molecular flexibility index (Phi) is 10.7. The first-order valence-electron chi connectivity index (χ1n) is 18.1. The molecular formula is C44H46O8. The molecule has 6 aromatic carbocycles. The maximum atomic E-state index is 12.8. The molecule has 270 valence electrons. The van der Waals surface area contributed by atoms with Crippen LogP contribution in [0.5, 0.6) is 34.5 Å². The van der Waals surface area contributed by atoms with Gasteiger partial charge in [-0.2, -0.15) is 0 Å². The van der Waals surface area contributed by atoms with Crippen molar-refractivity contribution in [1.29, 1.82) is 0 Å². The normalized spacial score (nSPS) is 11.5. The van der Waals surface area contributed by atoms with Gasteiger partial charge in [0.05, 0.1) is 10.8 Å². The van der Waals surface area contributed by atoms with Crippen LogP contribution >= 0.6 is 0 Å². The smallest absolute Gasteiger partial charge is 0.311 e. The van der Waals surface area contributed by atoms with Gasteiger partial charge in [0.1, 0.15) is 34.5 Å². The average Bonchev–Trinajstić information content (AvgIpc) is 3.11. The average molecular weight is 703 g/mol. The fraction of sp³-hybridized carbons (Fsp3) is 0.318. The van der Waals surface area contributed by atoms with Gasteiger partial charge in [0.15, 0.2) is 0 Å². The van der Waals surface area contributed by atoms with E-state index in [1.54, 1.807) is 36.4 Å². The maximum Gasteiger partial charge on any atom is 0.311 e. The molecule has 52 heavy (non-hydrogen) atoms. The number of carbonyl (C=O) groups is 2. The number of hydrogen-bond donors (Lipinski definition) is 4. The first-order chi connectivity index (χ1) is 25.0. The van der Waals surface area contributed by atoms with Crippen LogP contribution in [-0.4, -0.2) is 32.4 Å². The van der Waals surface area contributed by atoms with E-state index in [-0.39, 0.29) is 59.3 Å². The third kappa shape index (κ3) is 7.29. The lowest BCUT2D eigenvalue weighted by molar-refractivity contribution is -0.135.